The molecule has 1 aromatic heterocycles. The molecule has 0 bridgehead atoms. The van der Waals surface area contributed by atoms with Crippen LogP contribution < -0.4 is 5.73 Å². The van der Waals surface area contributed by atoms with Crippen molar-refractivity contribution < 1.29 is 0 Å². The lowest BCUT2D eigenvalue weighted by Crippen LogP contribution is -2.03. The van der Waals surface area contributed by atoms with Gasteiger partial charge in [0.05, 0.1) is 10.7 Å². The van der Waals surface area contributed by atoms with Gasteiger partial charge in [-0.2, -0.15) is 0 Å². The lowest BCUT2D eigenvalue weighted by Gasteiger charge is -2.18. The summed E-state index contributed by atoms with van der Waals surface area (Å²) in [7, 11) is 0. The Morgan fingerprint density at radius 1 is 1.31 bits per heavy atom. The minimum absolute atomic E-state index is 0.703. The van der Waals surface area contributed by atoms with E-state index in [4.69, 9.17) is 5.73 Å². The Morgan fingerprint density at radius 3 is 2.54 bits per heavy atom. The van der Waals surface area contributed by atoms with Crippen LogP contribution in [0.1, 0.15) is 48.7 Å². The number of thiazole rings is 1. The van der Waals surface area contributed by atoms with Crippen molar-refractivity contribution in [1.29, 1.82) is 0 Å². The summed E-state index contributed by atoms with van der Waals surface area (Å²) in [5.41, 5.74) is 6.82. The molecule has 2 nitrogen and oxygen atoms in total. The Balaban J connectivity index is 2.14. The first-order chi connectivity index (χ1) is 6.27. The molecule has 0 atom stereocenters. The summed E-state index contributed by atoms with van der Waals surface area (Å²) in [5.74, 6) is 0.703. The molecule has 0 spiro atoms. The lowest BCUT2D eigenvalue weighted by atomic mass is 9.90. The average molecular weight is 196 g/mol. The summed E-state index contributed by atoms with van der Waals surface area (Å²) >= 11 is 1.69. The summed E-state index contributed by atoms with van der Waals surface area (Å²) in [6.07, 6.45) is 6.75. The Bertz CT molecular complexity index is 268. The van der Waals surface area contributed by atoms with Crippen molar-refractivity contribution in [1.82, 2.24) is 4.98 Å². The largest absolute Gasteiger partial charge is 0.389 e. The van der Waals surface area contributed by atoms with Crippen molar-refractivity contribution in [2.75, 3.05) is 5.73 Å². The van der Waals surface area contributed by atoms with E-state index in [-0.39, 0.29) is 0 Å². The summed E-state index contributed by atoms with van der Waals surface area (Å²) in [5, 5.41) is 2.18. The maximum Gasteiger partial charge on any atom is 0.109 e. The van der Waals surface area contributed by atoms with Crippen LogP contribution in [0.3, 0.4) is 0 Å². The van der Waals surface area contributed by atoms with Crippen molar-refractivity contribution >= 4 is 16.3 Å². The predicted octanol–water partition coefficient (Wildman–Crippen LogP) is 3.08. The molecule has 72 valence electrons. The smallest absolute Gasteiger partial charge is 0.109 e. The number of aromatic nitrogens is 1. The summed E-state index contributed by atoms with van der Waals surface area (Å²) in [6, 6.07) is 0. The van der Waals surface area contributed by atoms with Crippen LogP contribution in [0.4, 0.5) is 5.00 Å². The maximum atomic E-state index is 5.80. The molecule has 1 aliphatic rings. The molecule has 1 saturated carbocycles. The minimum Gasteiger partial charge on any atom is -0.389 e. The van der Waals surface area contributed by atoms with Crippen LogP contribution in [0.15, 0.2) is 0 Å². The van der Waals surface area contributed by atoms with Crippen LogP contribution in [0, 0.1) is 6.92 Å². The van der Waals surface area contributed by atoms with E-state index in [1.54, 1.807) is 11.3 Å². The van der Waals surface area contributed by atoms with E-state index >= 15 is 0 Å². The van der Waals surface area contributed by atoms with Gasteiger partial charge in [0.2, 0.25) is 0 Å². The summed E-state index contributed by atoms with van der Waals surface area (Å²) in [6.45, 7) is 2.00. The van der Waals surface area contributed by atoms with Crippen LogP contribution in [-0.4, -0.2) is 4.98 Å². The second-order valence-electron chi connectivity index (χ2n) is 3.84. The molecule has 2 rings (SSSR count). The van der Waals surface area contributed by atoms with Crippen LogP contribution in [-0.2, 0) is 0 Å². The van der Waals surface area contributed by atoms with Gasteiger partial charge in [0.15, 0.2) is 0 Å². The third kappa shape index (κ3) is 1.85. The van der Waals surface area contributed by atoms with E-state index in [0.29, 0.717) is 5.92 Å². The van der Waals surface area contributed by atoms with E-state index in [2.05, 4.69) is 4.98 Å². The van der Waals surface area contributed by atoms with Crippen molar-refractivity contribution in [3.05, 3.63) is 10.7 Å². The van der Waals surface area contributed by atoms with E-state index in [9.17, 15) is 0 Å². The molecule has 0 aliphatic heterocycles. The summed E-state index contributed by atoms with van der Waals surface area (Å²) < 4.78 is 0. The van der Waals surface area contributed by atoms with Gasteiger partial charge in [-0.25, -0.2) is 4.98 Å². The SMILES string of the molecule is Cc1nc(C2CCCCC2)sc1N. The molecule has 1 heterocycles. The van der Waals surface area contributed by atoms with Crippen molar-refractivity contribution in [2.24, 2.45) is 0 Å². The molecule has 3 heteroatoms. The maximum absolute atomic E-state index is 5.80. The zero-order valence-electron chi connectivity index (χ0n) is 8.05. The highest BCUT2D eigenvalue weighted by atomic mass is 32.1. The van der Waals surface area contributed by atoms with Crippen LogP contribution >= 0.6 is 11.3 Å². The van der Waals surface area contributed by atoms with E-state index in [1.807, 2.05) is 6.92 Å². The van der Waals surface area contributed by atoms with Crippen molar-refractivity contribution in [3.63, 3.8) is 0 Å². The zero-order valence-corrected chi connectivity index (χ0v) is 8.86. The molecular weight excluding hydrogens is 180 g/mol. The van der Waals surface area contributed by atoms with Crippen molar-refractivity contribution in [3.8, 4) is 0 Å². The number of hydrogen-bond donors (Lipinski definition) is 1. The Hall–Kier alpha value is -0.570. The topological polar surface area (TPSA) is 38.9 Å². The molecule has 0 amide bonds. The van der Waals surface area contributed by atoms with Gasteiger partial charge in [-0.05, 0) is 19.8 Å². The van der Waals surface area contributed by atoms with E-state index in [1.165, 1.54) is 37.1 Å². The standard InChI is InChI=1S/C10H16N2S/c1-7-9(11)13-10(12-7)8-5-3-2-4-6-8/h8H,2-6,11H2,1H3. The van der Waals surface area contributed by atoms with Crippen molar-refractivity contribution in [2.45, 2.75) is 44.9 Å². The zero-order chi connectivity index (χ0) is 9.26. The first-order valence-corrected chi connectivity index (χ1v) is 5.82. The molecule has 0 saturated heterocycles. The van der Waals surface area contributed by atoms with Gasteiger partial charge in [0.25, 0.3) is 0 Å². The minimum atomic E-state index is 0.703. The molecule has 1 aromatic rings. The highest BCUT2D eigenvalue weighted by Gasteiger charge is 2.19. The van der Waals surface area contributed by atoms with Crippen LogP contribution in [0.5, 0.6) is 0 Å². The third-order valence-electron chi connectivity index (χ3n) is 2.80. The molecule has 0 radical (unpaired) electrons. The molecule has 0 unspecified atom stereocenters. The van der Waals surface area contributed by atoms with Gasteiger partial charge in [-0.3, -0.25) is 0 Å². The van der Waals surface area contributed by atoms with Gasteiger partial charge in [-0.15, -0.1) is 11.3 Å². The van der Waals surface area contributed by atoms with Gasteiger partial charge in [0, 0.05) is 5.92 Å². The first kappa shape index (κ1) is 9.00. The van der Waals surface area contributed by atoms with E-state index < -0.39 is 0 Å². The lowest BCUT2D eigenvalue weighted by molar-refractivity contribution is 0.442. The fourth-order valence-electron chi connectivity index (χ4n) is 1.95. The highest BCUT2D eigenvalue weighted by Crippen LogP contribution is 2.36. The number of nitrogen functional groups attached to an aromatic ring is 1. The normalized spacial score (nSPS) is 19.2. The third-order valence-corrected chi connectivity index (χ3v) is 3.95. The second-order valence-corrected chi connectivity index (χ2v) is 4.90. The first-order valence-electron chi connectivity index (χ1n) is 5.00. The molecule has 0 aromatic carbocycles. The molecular formula is C10H16N2S. The van der Waals surface area contributed by atoms with Gasteiger partial charge in [-0.1, -0.05) is 19.3 Å². The van der Waals surface area contributed by atoms with Gasteiger partial charge in [0.1, 0.15) is 5.00 Å². The number of aryl methyl sites for hydroxylation is 1. The number of nitrogens with two attached hydrogens (primary N) is 1. The number of nitrogens with zero attached hydrogens (tertiary/aromatic N) is 1. The fraction of sp³-hybridized carbons (Fsp3) is 0.700. The monoisotopic (exact) mass is 196 g/mol. The van der Waals surface area contributed by atoms with Crippen LogP contribution in [0.25, 0.3) is 0 Å². The number of hydrogen-bond acceptors (Lipinski definition) is 3. The predicted molar refractivity (Wildman–Crippen MR) is 57.1 cm³/mol. The molecule has 13 heavy (non-hydrogen) atoms. The fourth-order valence-corrected chi connectivity index (χ4v) is 2.96. The molecule has 2 N–H and O–H groups in total. The van der Waals surface area contributed by atoms with Gasteiger partial charge < -0.3 is 5.73 Å². The number of rotatable bonds is 1. The Labute approximate surface area is 83.2 Å². The van der Waals surface area contributed by atoms with Crippen LogP contribution in [0.2, 0.25) is 0 Å². The van der Waals surface area contributed by atoms with Gasteiger partial charge >= 0.3 is 0 Å². The molecule has 1 aliphatic carbocycles. The number of anilines is 1. The summed E-state index contributed by atoms with van der Waals surface area (Å²) in [4.78, 5) is 4.53. The highest BCUT2D eigenvalue weighted by molar-refractivity contribution is 7.15. The molecule has 1 fully saturated rings. The van der Waals surface area contributed by atoms with E-state index in [0.717, 1.165) is 10.7 Å². The Kier molecular flexibility index (Phi) is 2.54. The quantitative estimate of drug-likeness (QED) is 0.749. The Morgan fingerprint density at radius 2 is 2.00 bits per heavy atom. The second kappa shape index (κ2) is 3.66. The average Bonchev–Trinajstić information content (AvgIpc) is 2.49.